The van der Waals surface area contributed by atoms with Gasteiger partial charge in [-0.15, -0.1) is 12.4 Å². The molecule has 1 aliphatic rings. The topological polar surface area (TPSA) is 101 Å². The van der Waals surface area contributed by atoms with E-state index < -0.39 is 28.3 Å². The molecule has 2 rings (SSSR count). The number of hydrogen-bond acceptors (Lipinski definition) is 4. The van der Waals surface area contributed by atoms with Gasteiger partial charge in [-0.3, -0.25) is 4.79 Å². The van der Waals surface area contributed by atoms with Gasteiger partial charge in [-0.1, -0.05) is 19.3 Å². The van der Waals surface area contributed by atoms with Crippen LogP contribution in [0.1, 0.15) is 32.1 Å². The van der Waals surface area contributed by atoms with Gasteiger partial charge in [0.15, 0.2) is 0 Å². The third-order valence-electron chi connectivity index (χ3n) is 4.08. The van der Waals surface area contributed by atoms with E-state index in [1.54, 1.807) is 0 Å². The lowest BCUT2D eigenvalue weighted by molar-refractivity contribution is -0.122. The molecule has 1 fully saturated rings. The molecule has 148 valence electrons. The van der Waals surface area contributed by atoms with Crippen LogP contribution >= 0.6 is 12.4 Å². The summed E-state index contributed by atoms with van der Waals surface area (Å²) in [5, 5.41) is 2.63. The Kier molecular flexibility index (Phi) is 7.46. The number of anilines is 1. The number of nitrogens with one attached hydrogen (secondary N) is 2. The zero-order valence-corrected chi connectivity index (χ0v) is 15.4. The Balaban J connectivity index is 0.00000338. The van der Waals surface area contributed by atoms with Crippen LogP contribution < -0.4 is 15.8 Å². The summed E-state index contributed by atoms with van der Waals surface area (Å²) >= 11 is 0. The van der Waals surface area contributed by atoms with Gasteiger partial charge in [0.05, 0.1) is 10.4 Å². The maximum atomic E-state index is 12.3. The monoisotopic (exact) mass is 415 g/mol. The molecule has 1 amide bonds. The fraction of sp³-hybridized carbons (Fsp3) is 0.533. The molecular formula is C15H21ClF3N3O3S. The smallest absolute Gasteiger partial charge is 0.324 e. The van der Waals surface area contributed by atoms with Gasteiger partial charge in [-0.05, 0) is 37.1 Å². The third-order valence-corrected chi connectivity index (χ3v) is 5.50. The predicted octanol–water partition coefficient (Wildman–Crippen LogP) is 2.55. The highest BCUT2D eigenvalue weighted by molar-refractivity contribution is 7.89. The molecule has 0 aliphatic heterocycles. The zero-order valence-electron chi connectivity index (χ0n) is 13.8. The number of alkyl halides is 3. The SMILES string of the molecule is Cl.NC1(C(=O)Nc2ccc(S(=O)(=O)NCC(F)(F)F)cc2)CCCCC1. The first-order chi connectivity index (χ1) is 11.5. The predicted molar refractivity (Wildman–Crippen MR) is 93.6 cm³/mol. The van der Waals surface area contributed by atoms with E-state index in [1.807, 2.05) is 0 Å². The van der Waals surface area contributed by atoms with E-state index in [0.29, 0.717) is 18.5 Å². The molecule has 1 saturated carbocycles. The molecule has 0 saturated heterocycles. The summed E-state index contributed by atoms with van der Waals surface area (Å²) in [6, 6.07) is 4.87. The minimum absolute atomic E-state index is 0. The van der Waals surface area contributed by atoms with E-state index in [2.05, 4.69) is 5.32 Å². The van der Waals surface area contributed by atoms with Crippen LogP contribution in [0.5, 0.6) is 0 Å². The average molecular weight is 416 g/mol. The summed E-state index contributed by atoms with van der Waals surface area (Å²) < 4.78 is 61.5. The molecule has 6 nitrogen and oxygen atoms in total. The number of halogens is 4. The first-order valence-corrected chi connectivity index (χ1v) is 9.27. The molecule has 0 atom stereocenters. The molecule has 4 N–H and O–H groups in total. The molecule has 1 aliphatic carbocycles. The van der Waals surface area contributed by atoms with E-state index in [9.17, 15) is 26.4 Å². The van der Waals surface area contributed by atoms with Gasteiger partial charge in [-0.25, -0.2) is 13.1 Å². The first-order valence-electron chi connectivity index (χ1n) is 7.79. The molecule has 0 radical (unpaired) electrons. The lowest BCUT2D eigenvalue weighted by Gasteiger charge is -2.31. The van der Waals surface area contributed by atoms with Crippen LogP contribution in [0, 0.1) is 0 Å². The molecule has 11 heteroatoms. The number of carbonyl (C=O) groups excluding carboxylic acids is 1. The van der Waals surface area contributed by atoms with E-state index in [0.717, 1.165) is 31.4 Å². The van der Waals surface area contributed by atoms with Crippen molar-refractivity contribution in [2.24, 2.45) is 5.73 Å². The Morgan fingerprint density at radius 1 is 1.12 bits per heavy atom. The summed E-state index contributed by atoms with van der Waals surface area (Å²) in [5.74, 6) is -0.349. The average Bonchev–Trinajstić information content (AvgIpc) is 2.54. The van der Waals surface area contributed by atoms with Crippen LogP contribution in [0.4, 0.5) is 18.9 Å². The first kappa shape index (κ1) is 22.7. The van der Waals surface area contributed by atoms with Crippen molar-refractivity contribution in [1.82, 2.24) is 4.72 Å². The summed E-state index contributed by atoms with van der Waals surface area (Å²) in [6.45, 7) is -1.65. The molecule has 26 heavy (non-hydrogen) atoms. The minimum Gasteiger partial charge on any atom is -0.324 e. The second kappa shape index (κ2) is 8.55. The Hall–Kier alpha value is -1.36. The highest BCUT2D eigenvalue weighted by Crippen LogP contribution is 2.27. The number of benzene rings is 1. The quantitative estimate of drug-likeness (QED) is 0.687. The van der Waals surface area contributed by atoms with Crippen LogP contribution in [0.2, 0.25) is 0 Å². The molecule has 1 aromatic carbocycles. The standard InChI is InChI=1S/C15H20F3N3O3S.ClH/c16-15(17,18)10-20-25(23,24)12-6-4-11(5-7-12)21-13(22)14(19)8-2-1-3-9-14;/h4-7,20H,1-3,8-10,19H2,(H,21,22);1H. The van der Waals surface area contributed by atoms with Crippen molar-refractivity contribution < 1.29 is 26.4 Å². The summed E-state index contributed by atoms with van der Waals surface area (Å²) in [6.07, 6.45) is -0.725. The summed E-state index contributed by atoms with van der Waals surface area (Å²) in [7, 11) is -4.28. The Morgan fingerprint density at radius 3 is 2.15 bits per heavy atom. The Morgan fingerprint density at radius 2 is 1.65 bits per heavy atom. The van der Waals surface area contributed by atoms with E-state index >= 15 is 0 Å². The van der Waals surface area contributed by atoms with Crippen LogP contribution in [-0.2, 0) is 14.8 Å². The van der Waals surface area contributed by atoms with E-state index in [4.69, 9.17) is 5.73 Å². The molecule has 0 heterocycles. The van der Waals surface area contributed by atoms with Gasteiger partial charge in [-0.2, -0.15) is 13.2 Å². The van der Waals surface area contributed by atoms with Crippen molar-refractivity contribution in [2.75, 3.05) is 11.9 Å². The van der Waals surface area contributed by atoms with Crippen molar-refractivity contribution in [2.45, 2.75) is 48.7 Å². The second-order valence-electron chi connectivity index (χ2n) is 6.14. The zero-order chi connectivity index (χ0) is 18.7. The van der Waals surface area contributed by atoms with Crippen LogP contribution in [0.25, 0.3) is 0 Å². The highest BCUT2D eigenvalue weighted by atomic mass is 35.5. The third kappa shape index (κ3) is 6.11. The molecule has 0 aromatic heterocycles. The van der Waals surface area contributed by atoms with Crippen LogP contribution in [-0.4, -0.2) is 32.6 Å². The van der Waals surface area contributed by atoms with E-state index in [1.165, 1.54) is 16.9 Å². The minimum atomic E-state index is -4.64. The number of nitrogens with two attached hydrogens (primary N) is 1. The van der Waals surface area contributed by atoms with Crippen molar-refractivity contribution in [1.29, 1.82) is 0 Å². The van der Waals surface area contributed by atoms with Gasteiger partial charge < -0.3 is 11.1 Å². The number of sulfonamides is 1. The van der Waals surface area contributed by atoms with Gasteiger partial charge in [0.2, 0.25) is 15.9 Å². The van der Waals surface area contributed by atoms with Crippen LogP contribution in [0.3, 0.4) is 0 Å². The maximum Gasteiger partial charge on any atom is 0.402 e. The van der Waals surface area contributed by atoms with Gasteiger partial charge >= 0.3 is 6.18 Å². The Labute approximate surface area is 156 Å². The van der Waals surface area contributed by atoms with Gasteiger partial charge in [0, 0.05) is 5.69 Å². The van der Waals surface area contributed by atoms with Gasteiger partial charge in [0.25, 0.3) is 0 Å². The fourth-order valence-corrected chi connectivity index (χ4v) is 3.66. The van der Waals surface area contributed by atoms with Crippen LogP contribution in [0.15, 0.2) is 29.2 Å². The molecule has 1 aromatic rings. The summed E-state index contributed by atoms with van der Waals surface area (Å²) in [4.78, 5) is 12.0. The van der Waals surface area contributed by atoms with Gasteiger partial charge in [0.1, 0.15) is 6.54 Å². The largest absolute Gasteiger partial charge is 0.402 e. The molecule has 0 spiro atoms. The lowest BCUT2D eigenvalue weighted by atomic mass is 9.82. The van der Waals surface area contributed by atoms with Crippen molar-refractivity contribution in [3.63, 3.8) is 0 Å². The molecular weight excluding hydrogens is 395 g/mol. The number of amides is 1. The Bertz CT molecular complexity index is 718. The fourth-order valence-electron chi connectivity index (χ4n) is 2.64. The van der Waals surface area contributed by atoms with Crippen molar-refractivity contribution in [3.8, 4) is 0 Å². The number of hydrogen-bond donors (Lipinski definition) is 3. The highest BCUT2D eigenvalue weighted by Gasteiger charge is 2.35. The van der Waals surface area contributed by atoms with Crippen molar-refractivity contribution in [3.05, 3.63) is 24.3 Å². The van der Waals surface area contributed by atoms with Crippen molar-refractivity contribution >= 4 is 34.0 Å². The molecule has 0 unspecified atom stereocenters. The normalized spacial score (nSPS) is 17.2. The number of carbonyl (C=O) groups is 1. The summed E-state index contributed by atoms with van der Waals surface area (Å²) in [5.41, 5.74) is 5.49. The second-order valence-corrected chi connectivity index (χ2v) is 7.90. The number of rotatable bonds is 5. The lowest BCUT2D eigenvalue weighted by Crippen LogP contribution is -2.52. The van der Waals surface area contributed by atoms with E-state index in [-0.39, 0.29) is 23.2 Å². The molecule has 0 bridgehead atoms. The maximum absolute atomic E-state index is 12.3.